The van der Waals surface area contributed by atoms with Crippen LogP contribution in [-0.4, -0.2) is 36.9 Å². The van der Waals surface area contributed by atoms with Gasteiger partial charge in [0.15, 0.2) is 5.16 Å². The van der Waals surface area contributed by atoms with Crippen molar-refractivity contribution in [2.24, 2.45) is 5.92 Å². The first-order valence-electron chi connectivity index (χ1n) is 9.59. The van der Waals surface area contributed by atoms with Crippen molar-refractivity contribution < 1.29 is 4.79 Å². The summed E-state index contributed by atoms with van der Waals surface area (Å²) < 4.78 is 3.37. The van der Waals surface area contributed by atoms with Crippen LogP contribution in [0.3, 0.4) is 0 Å². The van der Waals surface area contributed by atoms with Gasteiger partial charge in [0.25, 0.3) is 11.5 Å². The standard InChI is InChI=1S/C20H24N6O2S/c1-5-13(4)22-17(27)14-6-7-15-16(10-14)26-19(23-24-20(26)29-9-8-21)25(18(15)28)11-12(2)3/h6-7,10,12-13H,5,9,11H2,1-4H3,(H,22,27). The minimum Gasteiger partial charge on any atom is -0.350 e. The number of aromatic nitrogens is 4. The monoisotopic (exact) mass is 412 g/mol. The fraction of sp³-hybridized carbons (Fsp3) is 0.450. The minimum atomic E-state index is -0.194. The summed E-state index contributed by atoms with van der Waals surface area (Å²) in [5, 5.41) is 21.3. The smallest absolute Gasteiger partial charge is 0.262 e. The van der Waals surface area contributed by atoms with E-state index in [9.17, 15) is 9.59 Å². The molecule has 1 amide bonds. The lowest BCUT2D eigenvalue weighted by Gasteiger charge is -2.14. The molecule has 0 fully saturated rings. The molecule has 8 nitrogen and oxygen atoms in total. The summed E-state index contributed by atoms with van der Waals surface area (Å²) in [6.07, 6.45) is 0.823. The van der Waals surface area contributed by atoms with Gasteiger partial charge in [-0.1, -0.05) is 32.5 Å². The Morgan fingerprint density at radius 1 is 1.31 bits per heavy atom. The van der Waals surface area contributed by atoms with Gasteiger partial charge in [0.2, 0.25) is 5.78 Å². The lowest BCUT2D eigenvalue weighted by atomic mass is 10.1. The molecule has 152 valence electrons. The number of nitrogens with one attached hydrogen (secondary N) is 1. The second kappa shape index (κ2) is 8.66. The van der Waals surface area contributed by atoms with E-state index in [1.165, 1.54) is 11.8 Å². The van der Waals surface area contributed by atoms with E-state index in [2.05, 4.69) is 21.6 Å². The molecule has 2 heterocycles. The maximum Gasteiger partial charge on any atom is 0.262 e. The van der Waals surface area contributed by atoms with Gasteiger partial charge in [-0.2, -0.15) is 5.26 Å². The maximum absolute atomic E-state index is 13.1. The minimum absolute atomic E-state index is 0.0499. The van der Waals surface area contributed by atoms with Crippen LogP contribution in [0.25, 0.3) is 16.7 Å². The molecule has 9 heteroatoms. The van der Waals surface area contributed by atoms with E-state index in [-0.39, 0.29) is 29.2 Å². The van der Waals surface area contributed by atoms with Gasteiger partial charge in [-0.25, -0.2) is 0 Å². The normalized spacial score (nSPS) is 12.4. The Morgan fingerprint density at radius 3 is 2.72 bits per heavy atom. The second-order valence-electron chi connectivity index (χ2n) is 7.39. The zero-order valence-electron chi connectivity index (χ0n) is 17.0. The number of rotatable bonds is 7. The maximum atomic E-state index is 13.1. The first-order chi connectivity index (χ1) is 13.9. The SMILES string of the molecule is CCC(C)NC(=O)c1ccc2c(=O)n(CC(C)C)c3nnc(SCC#N)n3c2c1. The molecule has 0 saturated carbocycles. The van der Waals surface area contributed by atoms with Crippen molar-refractivity contribution in [3.63, 3.8) is 0 Å². The number of hydrogen-bond acceptors (Lipinski definition) is 6. The second-order valence-corrected chi connectivity index (χ2v) is 8.33. The van der Waals surface area contributed by atoms with Gasteiger partial charge in [-0.05, 0) is 37.5 Å². The quantitative estimate of drug-likeness (QED) is 0.598. The average Bonchev–Trinajstić information content (AvgIpc) is 3.12. The molecule has 0 aliphatic carbocycles. The van der Waals surface area contributed by atoms with Gasteiger partial charge in [-0.3, -0.25) is 18.6 Å². The molecule has 3 rings (SSSR count). The van der Waals surface area contributed by atoms with Crippen LogP contribution in [0.1, 0.15) is 44.5 Å². The van der Waals surface area contributed by atoms with Gasteiger partial charge >= 0.3 is 0 Å². The van der Waals surface area contributed by atoms with E-state index in [1.54, 1.807) is 27.2 Å². The number of benzene rings is 1. The van der Waals surface area contributed by atoms with Crippen molar-refractivity contribution >= 4 is 34.3 Å². The van der Waals surface area contributed by atoms with Crippen LogP contribution in [-0.2, 0) is 6.54 Å². The molecule has 0 aliphatic heterocycles. The van der Waals surface area contributed by atoms with E-state index in [0.29, 0.717) is 33.9 Å². The van der Waals surface area contributed by atoms with Crippen LogP contribution in [0.15, 0.2) is 28.2 Å². The topological polar surface area (TPSA) is 105 Å². The molecule has 0 saturated heterocycles. The Balaban J connectivity index is 2.26. The molecule has 1 atom stereocenters. The molecule has 0 radical (unpaired) electrons. The number of hydrogen-bond donors (Lipinski definition) is 1. The molecule has 1 unspecified atom stereocenters. The molecular weight excluding hydrogens is 388 g/mol. The first kappa shape index (κ1) is 20.9. The Kier molecular flexibility index (Phi) is 6.23. The number of carbonyl (C=O) groups excluding carboxylic acids is 1. The predicted octanol–water partition coefficient (Wildman–Crippen LogP) is 2.84. The zero-order chi connectivity index (χ0) is 21.1. The fourth-order valence-corrected chi connectivity index (χ4v) is 3.65. The number of nitriles is 1. The van der Waals surface area contributed by atoms with Gasteiger partial charge in [-0.15, -0.1) is 10.2 Å². The predicted molar refractivity (Wildman–Crippen MR) is 113 cm³/mol. The molecule has 1 aromatic carbocycles. The summed E-state index contributed by atoms with van der Waals surface area (Å²) in [4.78, 5) is 25.7. The highest BCUT2D eigenvalue weighted by Gasteiger charge is 2.19. The lowest BCUT2D eigenvalue weighted by Crippen LogP contribution is -2.32. The van der Waals surface area contributed by atoms with Crippen molar-refractivity contribution in [2.45, 2.75) is 51.9 Å². The van der Waals surface area contributed by atoms with Crippen LogP contribution >= 0.6 is 11.8 Å². The van der Waals surface area contributed by atoms with Crippen LogP contribution in [0.4, 0.5) is 0 Å². The highest BCUT2D eigenvalue weighted by Crippen LogP contribution is 2.23. The van der Waals surface area contributed by atoms with E-state index in [0.717, 1.165) is 6.42 Å². The van der Waals surface area contributed by atoms with Crippen LogP contribution < -0.4 is 10.9 Å². The Morgan fingerprint density at radius 2 is 2.07 bits per heavy atom. The molecule has 29 heavy (non-hydrogen) atoms. The van der Waals surface area contributed by atoms with Crippen LogP contribution in [0, 0.1) is 17.2 Å². The summed E-state index contributed by atoms with van der Waals surface area (Å²) >= 11 is 1.25. The average molecular weight is 413 g/mol. The van der Waals surface area contributed by atoms with Crippen LogP contribution in [0.2, 0.25) is 0 Å². The van der Waals surface area contributed by atoms with Crippen molar-refractivity contribution in [3.8, 4) is 6.07 Å². The third-order valence-electron chi connectivity index (χ3n) is 4.64. The molecule has 3 aromatic rings. The number of nitrogens with zero attached hydrogens (tertiary/aromatic N) is 5. The largest absolute Gasteiger partial charge is 0.350 e. The van der Waals surface area contributed by atoms with Gasteiger partial charge < -0.3 is 5.32 Å². The van der Waals surface area contributed by atoms with Crippen molar-refractivity contribution in [1.29, 1.82) is 5.26 Å². The molecule has 1 N–H and O–H groups in total. The van der Waals surface area contributed by atoms with Gasteiger partial charge in [0.05, 0.1) is 22.7 Å². The molecule has 2 aromatic heterocycles. The third kappa shape index (κ3) is 4.12. The first-order valence-corrected chi connectivity index (χ1v) is 10.6. The fourth-order valence-electron chi connectivity index (χ4n) is 3.05. The van der Waals surface area contributed by atoms with Crippen molar-refractivity contribution in [3.05, 3.63) is 34.1 Å². The van der Waals surface area contributed by atoms with E-state index in [4.69, 9.17) is 5.26 Å². The Hall–Kier alpha value is -2.86. The van der Waals surface area contributed by atoms with Gasteiger partial charge in [0, 0.05) is 18.2 Å². The number of fused-ring (bicyclic) bond motifs is 3. The third-order valence-corrected chi connectivity index (χ3v) is 5.43. The molecule has 0 bridgehead atoms. The van der Waals surface area contributed by atoms with Crippen molar-refractivity contribution in [1.82, 2.24) is 24.5 Å². The summed E-state index contributed by atoms with van der Waals surface area (Å²) in [7, 11) is 0. The summed E-state index contributed by atoms with van der Waals surface area (Å²) in [5.41, 5.74) is 0.858. The Bertz CT molecular complexity index is 1160. The van der Waals surface area contributed by atoms with E-state index in [1.807, 2.05) is 27.7 Å². The van der Waals surface area contributed by atoms with Gasteiger partial charge in [0.1, 0.15) is 0 Å². The Labute approximate surface area is 172 Å². The highest BCUT2D eigenvalue weighted by atomic mass is 32.2. The van der Waals surface area contributed by atoms with E-state index >= 15 is 0 Å². The summed E-state index contributed by atoms with van der Waals surface area (Å²) in [6.45, 7) is 8.49. The highest BCUT2D eigenvalue weighted by molar-refractivity contribution is 7.99. The lowest BCUT2D eigenvalue weighted by molar-refractivity contribution is 0.0939. The molecule has 0 spiro atoms. The zero-order valence-corrected chi connectivity index (χ0v) is 17.8. The molecule has 0 aliphatic rings. The molecular formula is C20H24N6O2S. The number of amides is 1. The number of thioether (sulfide) groups is 1. The van der Waals surface area contributed by atoms with Crippen molar-refractivity contribution in [2.75, 3.05) is 5.75 Å². The summed E-state index contributed by atoms with van der Waals surface area (Å²) in [6, 6.07) is 7.17. The number of carbonyl (C=O) groups is 1. The van der Waals surface area contributed by atoms with Crippen LogP contribution in [0.5, 0.6) is 0 Å². The summed E-state index contributed by atoms with van der Waals surface area (Å²) in [5.74, 6) is 0.664. The van der Waals surface area contributed by atoms with E-state index < -0.39 is 0 Å².